The molecule has 1 rings (SSSR count). The summed E-state index contributed by atoms with van der Waals surface area (Å²) in [5.41, 5.74) is 0.688. The van der Waals surface area contributed by atoms with E-state index in [0.717, 1.165) is 4.88 Å². The zero-order valence-electron chi connectivity index (χ0n) is 6.61. The average Bonchev–Trinajstić information content (AvgIpc) is 2.48. The highest BCUT2D eigenvalue weighted by Crippen LogP contribution is 2.14. The summed E-state index contributed by atoms with van der Waals surface area (Å²) in [6, 6.07) is 1.68. The molecule has 0 unspecified atom stereocenters. The zero-order chi connectivity index (χ0) is 9.68. The Hall–Kier alpha value is -1.60. The predicted molar refractivity (Wildman–Crippen MR) is 48.6 cm³/mol. The zero-order valence-corrected chi connectivity index (χ0v) is 7.43. The van der Waals surface area contributed by atoms with Gasteiger partial charge in [0.15, 0.2) is 6.29 Å². The summed E-state index contributed by atoms with van der Waals surface area (Å²) in [5.74, 6) is 3.98. The van der Waals surface area contributed by atoms with Crippen LogP contribution in [0.4, 0.5) is 0 Å². The third-order valence-electron chi connectivity index (χ3n) is 1.25. The van der Waals surface area contributed by atoms with Crippen LogP contribution in [0.25, 0.3) is 0 Å². The largest absolute Gasteiger partial charge is 0.481 e. The Labute approximate surface area is 79.0 Å². The number of aldehydes is 1. The monoisotopic (exact) mass is 194 g/mol. The molecule has 0 spiro atoms. The molecule has 1 aromatic rings. The molecule has 0 bridgehead atoms. The number of rotatable bonds is 2. The molecule has 0 aliphatic carbocycles. The van der Waals surface area contributed by atoms with Crippen LogP contribution < -0.4 is 0 Å². The molecule has 13 heavy (non-hydrogen) atoms. The van der Waals surface area contributed by atoms with Crippen molar-refractivity contribution in [1.29, 1.82) is 0 Å². The van der Waals surface area contributed by atoms with E-state index in [2.05, 4.69) is 11.8 Å². The Morgan fingerprint density at radius 2 is 2.46 bits per heavy atom. The minimum Gasteiger partial charge on any atom is -0.481 e. The van der Waals surface area contributed by atoms with Crippen LogP contribution in [0.3, 0.4) is 0 Å². The fourth-order valence-corrected chi connectivity index (χ4v) is 1.61. The van der Waals surface area contributed by atoms with Gasteiger partial charge in [0.05, 0.1) is 6.42 Å². The van der Waals surface area contributed by atoms with E-state index in [1.807, 2.05) is 0 Å². The molecule has 1 heterocycles. The van der Waals surface area contributed by atoms with Gasteiger partial charge < -0.3 is 5.11 Å². The first-order valence-electron chi connectivity index (χ1n) is 3.47. The number of carbonyl (C=O) groups excluding carboxylic acids is 1. The van der Waals surface area contributed by atoms with Gasteiger partial charge in [-0.2, -0.15) is 0 Å². The van der Waals surface area contributed by atoms with Crippen molar-refractivity contribution in [2.45, 2.75) is 6.42 Å². The minimum absolute atomic E-state index is 0.00738. The molecule has 4 heteroatoms. The molecule has 3 nitrogen and oxygen atoms in total. The molecule has 0 aliphatic heterocycles. The van der Waals surface area contributed by atoms with Crippen molar-refractivity contribution in [3.63, 3.8) is 0 Å². The lowest BCUT2D eigenvalue weighted by Crippen LogP contribution is -1.97. The van der Waals surface area contributed by atoms with E-state index in [-0.39, 0.29) is 6.42 Å². The Bertz CT molecular complexity index is 381. The van der Waals surface area contributed by atoms with Gasteiger partial charge in [-0.3, -0.25) is 9.59 Å². The summed E-state index contributed by atoms with van der Waals surface area (Å²) in [7, 11) is 0. The summed E-state index contributed by atoms with van der Waals surface area (Å²) in [6.07, 6.45) is 0.516. The Morgan fingerprint density at radius 1 is 1.69 bits per heavy atom. The fraction of sp³-hybridized carbons (Fsp3) is 0.111. The van der Waals surface area contributed by atoms with Crippen LogP contribution in [-0.2, 0) is 16.0 Å². The van der Waals surface area contributed by atoms with E-state index < -0.39 is 5.97 Å². The molecule has 0 saturated heterocycles. The van der Waals surface area contributed by atoms with E-state index >= 15 is 0 Å². The van der Waals surface area contributed by atoms with Gasteiger partial charge in [0.25, 0.3) is 0 Å². The molecule has 1 aromatic heterocycles. The Morgan fingerprint density at radius 3 is 3.08 bits per heavy atom. The maximum absolute atomic E-state index is 10.3. The topological polar surface area (TPSA) is 54.4 Å². The minimum atomic E-state index is -0.864. The summed E-state index contributed by atoms with van der Waals surface area (Å²) < 4.78 is 0. The maximum atomic E-state index is 10.3. The number of hydrogen-bond acceptors (Lipinski definition) is 3. The normalized spacial score (nSPS) is 8.62. The van der Waals surface area contributed by atoms with Crippen LogP contribution in [0, 0.1) is 11.8 Å². The number of carboxylic acids is 1. The lowest BCUT2D eigenvalue weighted by atomic mass is 10.3. The van der Waals surface area contributed by atoms with E-state index in [0.29, 0.717) is 11.8 Å². The van der Waals surface area contributed by atoms with Crippen molar-refractivity contribution < 1.29 is 14.7 Å². The molecule has 0 aromatic carbocycles. The third-order valence-corrected chi connectivity index (χ3v) is 2.19. The Kier molecular flexibility index (Phi) is 3.23. The molecule has 1 N–H and O–H groups in total. The second-order valence-corrected chi connectivity index (χ2v) is 3.26. The van der Waals surface area contributed by atoms with Gasteiger partial charge in [0.1, 0.15) is 0 Å². The number of thiophene rings is 1. The second-order valence-electron chi connectivity index (χ2n) is 2.26. The molecule has 0 atom stereocenters. The standard InChI is InChI=1S/C9H6O3S/c10-3-1-2-7-4-8(13-6-7)5-9(11)12/h3-4,6H,5H2,(H,11,12). The summed E-state index contributed by atoms with van der Waals surface area (Å²) in [6.45, 7) is 0. The number of hydrogen-bond donors (Lipinski definition) is 1. The van der Waals surface area contributed by atoms with Gasteiger partial charge >= 0.3 is 5.97 Å². The van der Waals surface area contributed by atoms with Gasteiger partial charge in [0.2, 0.25) is 0 Å². The van der Waals surface area contributed by atoms with Crippen molar-refractivity contribution in [3.05, 3.63) is 21.9 Å². The SMILES string of the molecule is O=CC#Cc1csc(CC(=O)O)c1. The van der Waals surface area contributed by atoms with E-state index in [1.165, 1.54) is 11.3 Å². The molecular formula is C9H6O3S. The first-order chi connectivity index (χ1) is 6.22. The molecule has 0 fully saturated rings. The lowest BCUT2D eigenvalue weighted by molar-refractivity contribution is -0.136. The van der Waals surface area contributed by atoms with Gasteiger partial charge in [0, 0.05) is 15.8 Å². The van der Waals surface area contributed by atoms with Gasteiger partial charge in [-0.05, 0) is 12.0 Å². The number of carbonyl (C=O) groups is 2. The smallest absolute Gasteiger partial charge is 0.308 e. The first kappa shape index (κ1) is 9.49. The Balaban J connectivity index is 2.74. The number of carboxylic acid groups (broad SMARTS) is 1. The highest BCUT2D eigenvalue weighted by atomic mass is 32.1. The van der Waals surface area contributed by atoms with Gasteiger partial charge in [-0.15, -0.1) is 11.3 Å². The summed E-state index contributed by atoms with van der Waals surface area (Å²) >= 11 is 1.33. The molecule has 0 radical (unpaired) electrons. The van der Waals surface area contributed by atoms with Crippen LogP contribution in [0.5, 0.6) is 0 Å². The van der Waals surface area contributed by atoms with Crippen molar-refractivity contribution in [3.8, 4) is 11.8 Å². The molecule has 66 valence electrons. The average molecular weight is 194 g/mol. The summed E-state index contributed by atoms with van der Waals surface area (Å²) in [5, 5.41) is 10.2. The third kappa shape index (κ3) is 3.09. The van der Waals surface area contributed by atoms with Crippen LogP contribution in [0.2, 0.25) is 0 Å². The molecule has 0 saturated carbocycles. The van der Waals surface area contributed by atoms with Crippen molar-refractivity contribution in [1.82, 2.24) is 0 Å². The second kappa shape index (κ2) is 4.43. The van der Waals surface area contributed by atoms with Crippen LogP contribution >= 0.6 is 11.3 Å². The van der Waals surface area contributed by atoms with Crippen LogP contribution in [0.15, 0.2) is 11.4 Å². The highest BCUT2D eigenvalue weighted by Gasteiger charge is 2.02. The number of aliphatic carboxylic acids is 1. The lowest BCUT2D eigenvalue weighted by Gasteiger charge is -1.85. The molecule has 0 aliphatic rings. The molecule has 0 amide bonds. The fourth-order valence-electron chi connectivity index (χ4n) is 0.801. The molecular weight excluding hydrogens is 188 g/mol. The van der Waals surface area contributed by atoms with Crippen LogP contribution in [0.1, 0.15) is 10.4 Å². The van der Waals surface area contributed by atoms with Crippen molar-refractivity contribution in [2.24, 2.45) is 0 Å². The predicted octanol–water partition coefficient (Wildman–Crippen LogP) is 0.926. The van der Waals surface area contributed by atoms with Gasteiger partial charge in [-0.25, -0.2) is 0 Å². The quantitative estimate of drug-likeness (QED) is 0.562. The van der Waals surface area contributed by atoms with Gasteiger partial charge in [-0.1, -0.05) is 5.92 Å². The first-order valence-corrected chi connectivity index (χ1v) is 4.34. The van der Waals surface area contributed by atoms with E-state index in [9.17, 15) is 9.59 Å². The maximum Gasteiger partial charge on any atom is 0.308 e. The van der Waals surface area contributed by atoms with Crippen molar-refractivity contribution in [2.75, 3.05) is 0 Å². The summed E-state index contributed by atoms with van der Waals surface area (Å²) in [4.78, 5) is 20.9. The van der Waals surface area contributed by atoms with E-state index in [1.54, 1.807) is 11.4 Å². The van der Waals surface area contributed by atoms with Crippen LogP contribution in [-0.4, -0.2) is 17.4 Å². The van der Waals surface area contributed by atoms with Crippen molar-refractivity contribution >= 4 is 23.6 Å². The van der Waals surface area contributed by atoms with E-state index in [4.69, 9.17) is 5.11 Å². The highest BCUT2D eigenvalue weighted by molar-refractivity contribution is 7.10.